The number of hydrazone groups is 1. The van der Waals surface area contributed by atoms with E-state index in [0.717, 1.165) is 15.9 Å². The molecule has 154 valence electrons. The Morgan fingerprint density at radius 3 is 2.43 bits per heavy atom. The average Bonchev–Trinajstić information content (AvgIpc) is 2.74. The average molecular weight is 426 g/mol. The minimum atomic E-state index is -4.19. The number of halogens is 1. The van der Waals surface area contributed by atoms with Gasteiger partial charge in [-0.15, -0.1) is 0 Å². The molecule has 1 amide bonds. The van der Waals surface area contributed by atoms with Crippen LogP contribution in [0.5, 0.6) is 0 Å². The zero-order chi connectivity index (χ0) is 21.6. The lowest BCUT2D eigenvalue weighted by molar-refractivity contribution is -0.119. The monoisotopic (exact) mass is 426 g/mol. The number of rotatable bonds is 7. The summed E-state index contributed by atoms with van der Waals surface area (Å²) in [5.74, 6) is -1.49. The van der Waals surface area contributed by atoms with E-state index in [-0.39, 0.29) is 10.6 Å². The largest absolute Gasteiger partial charge is 0.271 e. The Hall–Kier alpha value is -3.59. The van der Waals surface area contributed by atoms with Gasteiger partial charge in [0.1, 0.15) is 12.4 Å². The molecule has 1 heterocycles. The van der Waals surface area contributed by atoms with Gasteiger partial charge in [0.15, 0.2) is 0 Å². The standard InChI is InChI=1S/C21H19FN4O3S/c1-16-6-8-18(9-7-16)30(28,29)26(20-5-3-2-4-19(20)22)15-21(27)25-24-14-17-10-12-23-13-11-17/h2-14H,15H2,1H3,(H,25,27)/b24-14-. The van der Waals surface area contributed by atoms with E-state index in [1.54, 1.807) is 36.7 Å². The number of para-hydroxylation sites is 1. The molecular formula is C21H19FN4O3S. The summed E-state index contributed by atoms with van der Waals surface area (Å²) in [5, 5.41) is 3.81. The normalized spacial score (nSPS) is 11.4. The molecule has 0 saturated heterocycles. The highest BCUT2D eigenvalue weighted by molar-refractivity contribution is 7.92. The number of hydrogen-bond acceptors (Lipinski definition) is 5. The molecule has 2 aromatic carbocycles. The van der Waals surface area contributed by atoms with Crippen molar-refractivity contribution < 1.29 is 17.6 Å². The van der Waals surface area contributed by atoms with Gasteiger partial charge in [-0.2, -0.15) is 5.10 Å². The highest BCUT2D eigenvalue weighted by atomic mass is 32.2. The molecule has 0 fully saturated rings. The molecule has 0 bridgehead atoms. The van der Waals surface area contributed by atoms with E-state index in [2.05, 4.69) is 15.5 Å². The van der Waals surface area contributed by atoms with Crippen molar-refractivity contribution in [2.45, 2.75) is 11.8 Å². The maximum atomic E-state index is 14.4. The fourth-order valence-corrected chi connectivity index (χ4v) is 4.01. The summed E-state index contributed by atoms with van der Waals surface area (Å²) in [6.07, 6.45) is 4.52. The number of sulfonamides is 1. The SMILES string of the molecule is Cc1ccc(S(=O)(=O)N(CC(=O)N/N=C\c2ccncc2)c2ccccc2F)cc1. The Morgan fingerprint density at radius 2 is 1.77 bits per heavy atom. The number of amides is 1. The van der Waals surface area contributed by atoms with Gasteiger partial charge in [-0.3, -0.25) is 14.1 Å². The highest BCUT2D eigenvalue weighted by Crippen LogP contribution is 2.26. The number of carbonyl (C=O) groups is 1. The molecule has 0 aliphatic carbocycles. The van der Waals surface area contributed by atoms with Crippen LogP contribution in [0, 0.1) is 12.7 Å². The lowest BCUT2D eigenvalue weighted by Crippen LogP contribution is -2.40. The first-order valence-electron chi connectivity index (χ1n) is 8.94. The number of pyridine rings is 1. The van der Waals surface area contributed by atoms with Gasteiger partial charge in [0.05, 0.1) is 16.8 Å². The number of anilines is 1. The lowest BCUT2D eigenvalue weighted by atomic mass is 10.2. The molecule has 1 N–H and O–H groups in total. The van der Waals surface area contributed by atoms with Crippen LogP contribution in [0.2, 0.25) is 0 Å². The fraction of sp³-hybridized carbons (Fsp3) is 0.0952. The van der Waals surface area contributed by atoms with Crippen molar-refractivity contribution in [2.24, 2.45) is 5.10 Å². The Kier molecular flexibility index (Phi) is 6.53. The van der Waals surface area contributed by atoms with Crippen LogP contribution in [0.25, 0.3) is 0 Å². The molecule has 9 heteroatoms. The second-order valence-corrected chi connectivity index (χ2v) is 8.21. The van der Waals surface area contributed by atoms with Crippen molar-refractivity contribution in [1.82, 2.24) is 10.4 Å². The Morgan fingerprint density at radius 1 is 1.10 bits per heavy atom. The van der Waals surface area contributed by atoms with Crippen molar-refractivity contribution in [1.29, 1.82) is 0 Å². The number of carbonyl (C=O) groups excluding carboxylic acids is 1. The summed E-state index contributed by atoms with van der Waals surface area (Å²) in [6.45, 7) is 1.17. The van der Waals surface area contributed by atoms with Crippen LogP contribution < -0.4 is 9.73 Å². The second-order valence-electron chi connectivity index (χ2n) is 6.35. The lowest BCUT2D eigenvalue weighted by Gasteiger charge is -2.24. The van der Waals surface area contributed by atoms with Crippen LogP contribution in [-0.2, 0) is 14.8 Å². The summed E-state index contributed by atoms with van der Waals surface area (Å²) < 4.78 is 41.4. The van der Waals surface area contributed by atoms with Crippen LogP contribution in [0.15, 0.2) is 83.1 Å². The minimum Gasteiger partial charge on any atom is -0.271 e. The van der Waals surface area contributed by atoms with Crippen LogP contribution in [0.3, 0.4) is 0 Å². The van der Waals surface area contributed by atoms with E-state index in [0.29, 0.717) is 5.56 Å². The van der Waals surface area contributed by atoms with Gasteiger partial charge >= 0.3 is 0 Å². The predicted octanol–water partition coefficient (Wildman–Crippen LogP) is 2.87. The number of nitrogens with zero attached hydrogens (tertiary/aromatic N) is 3. The van der Waals surface area contributed by atoms with Gasteiger partial charge in [-0.05, 0) is 48.9 Å². The first kappa shape index (κ1) is 21.1. The minimum absolute atomic E-state index is 0.0514. The molecular weight excluding hydrogens is 407 g/mol. The summed E-state index contributed by atoms with van der Waals surface area (Å²) in [4.78, 5) is 16.2. The third-order valence-corrected chi connectivity index (χ3v) is 5.90. The van der Waals surface area contributed by atoms with Gasteiger partial charge in [0.2, 0.25) is 0 Å². The molecule has 7 nitrogen and oxygen atoms in total. The van der Waals surface area contributed by atoms with Crippen LogP contribution in [0.1, 0.15) is 11.1 Å². The van der Waals surface area contributed by atoms with Crippen LogP contribution in [0.4, 0.5) is 10.1 Å². The number of benzene rings is 2. The van der Waals surface area contributed by atoms with E-state index >= 15 is 0 Å². The maximum absolute atomic E-state index is 14.4. The van der Waals surface area contributed by atoms with Crippen molar-refractivity contribution in [2.75, 3.05) is 10.8 Å². The molecule has 0 atom stereocenters. The summed E-state index contributed by atoms with van der Waals surface area (Å²) in [6, 6.07) is 14.8. The quantitative estimate of drug-likeness (QED) is 0.465. The molecule has 0 aliphatic rings. The van der Waals surface area contributed by atoms with Gasteiger partial charge in [0.25, 0.3) is 15.9 Å². The third-order valence-electron chi connectivity index (χ3n) is 4.13. The third kappa shape index (κ3) is 5.06. The molecule has 0 aliphatic heterocycles. The van der Waals surface area contributed by atoms with Crippen molar-refractivity contribution >= 4 is 27.8 Å². The van der Waals surface area contributed by atoms with Crippen molar-refractivity contribution in [3.05, 3.63) is 90.0 Å². The van der Waals surface area contributed by atoms with Gasteiger partial charge in [-0.1, -0.05) is 29.8 Å². The topological polar surface area (TPSA) is 91.7 Å². The maximum Gasteiger partial charge on any atom is 0.264 e. The van der Waals surface area contributed by atoms with Gasteiger partial charge in [0, 0.05) is 12.4 Å². The van der Waals surface area contributed by atoms with Crippen molar-refractivity contribution in [3.63, 3.8) is 0 Å². The molecule has 30 heavy (non-hydrogen) atoms. The zero-order valence-corrected chi connectivity index (χ0v) is 16.9. The summed E-state index contributed by atoms with van der Waals surface area (Å²) in [7, 11) is -4.19. The smallest absolute Gasteiger partial charge is 0.264 e. The number of nitrogens with one attached hydrogen (secondary N) is 1. The van der Waals surface area contributed by atoms with Crippen LogP contribution in [-0.4, -0.2) is 32.1 Å². The predicted molar refractivity (Wildman–Crippen MR) is 112 cm³/mol. The Labute approximate surface area is 173 Å². The summed E-state index contributed by atoms with van der Waals surface area (Å²) >= 11 is 0. The van der Waals surface area contributed by atoms with E-state index < -0.39 is 28.3 Å². The van der Waals surface area contributed by atoms with Crippen LogP contribution >= 0.6 is 0 Å². The van der Waals surface area contributed by atoms with E-state index in [4.69, 9.17) is 0 Å². The highest BCUT2D eigenvalue weighted by Gasteiger charge is 2.29. The Bertz CT molecular complexity index is 1150. The van der Waals surface area contributed by atoms with Crippen molar-refractivity contribution in [3.8, 4) is 0 Å². The number of aryl methyl sites for hydroxylation is 1. The molecule has 0 saturated carbocycles. The fourth-order valence-electron chi connectivity index (χ4n) is 2.59. The second kappa shape index (κ2) is 9.27. The number of hydrogen-bond donors (Lipinski definition) is 1. The van der Waals surface area contributed by atoms with Gasteiger partial charge in [-0.25, -0.2) is 18.2 Å². The van der Waals surface area contributed by atoms with E-state index in [9.17, 15) is 17.6 Å². The zero-order valence-electron chi connectivity index (χ0n) is 16.1. The molecule has 1 aromatic heterocycles. The van der Waals surface area contributed by atoms with E-state index in [1.165, 1.54) is 36.5 Å². The summed E-state index contributed by atoms with van der Waals surface area (Å²) in [5.41, 5.74) is 3.60. The van der Waals surface area contributed by atoms with Gasteiger partial charge < -0.3 is 0 Å². The molecule has 3 rings (SSSR count). The molecule has 0 radical (unpaired) electrons. The first-order chi connectivity index (χ1) is 14.4. The Balaban J connectivity index is 1.87. The number of aromatic nitrogens is 1. The van der Waals surface area contributed by atoms with E-state index in [1.807, 2.05) is 6.92 Å². The molecule has 0 unspecified atom stereocenters. The first-order valence-corrected chi connectivity index (χ1v) is 10.4. The molecule has 3 aromatic rings. The molecule has 0 spiro atoms.